The zero-order valence-electron chi connectivity index (χ0n) is 20.9. The van der Waals surface area contributed by atoms with Crippen molar-refractivity contribution in [3.63, 3.8) is 0 Å². The number of pyridine rings is 1. The van der Waals surface area contributed by atoms with E-state index in [0.29, 0.717) is 34.8 Å². The fraction of sp³-hybridized carbons (Fsp3) is 0.370. The van der Waals surface area contributed by atoms with Gasteiger partial charge >= 0.3 is 12.4 Å². The van der Waals surface area contributed by atoms with Gasteiger partial charge in [0.15, 0.2) is 0 Å². The number of aromatic nitrogens is 4. The molecule has 0 saturated carbocycles. The van der Waals surface area contributed by atoms with Gasteiger partial charge in [-0.1, -0.05) is 18.6 Å². The molecule has 1 fully saturated rings. The van der Waals surface area contributed by atoms with Gasteiger partial charge in [-0.25, -0.2) is 14.5 Å². The number of nitrogens with one attached hydrogen (secondary N) is 1. The van der Waals surface area contributed by atoms with Gasteiger partial charge in [-0.15, -0.1) is 0 Å². The Kier molecular flexibility index (Phi) is 7.48. The third kappa shape index (κ3) is 6.16. The van der Waals surface area contributed by atoms with Gasteiger partial charge in [-0.3, -0.25) is 0 Å². The van der Waals surface area contributed by atoms with Crippen LogP contribution in [0.25, 0.3) is 28.0 Å². The first-order valence-electron chi connectivity index (χ1n) is 12.7. The maximum absolute atomic E-state index is 13.4. The summed E-state index contributed by atoms with van der Waals surface area (Å²) in [5.41, 5.74) is -0.124. The van der Waals surface area contributed by atoms with Crippen LogP contribution in [-0.4, -0.2) is 50.7 Å². The molecule has 1 aliphatic rings. The van der Waals surface area contributed by atoms with Gasteiger partial charge in [0.25, 0.3) is 0 Å². The molecule has 4 aromatic rings. The quantitative estimate of drug-likeness (QED) is 0.204. The number of fused-ring (bicyclic) bond motifs is 1. The van der Waals surface area contributed by atoms with E-state index >= 15 is 0 Å². The molecule has 0 amide bonds. The summed E-state index contributed by atoms with van der Waals surface area (Å²) in [7, 11) is 0. The Bertz CT molecular complexity index is 1420. The Morgan fingerprint density at radius 2 is 1.51 bits per heavy atom. The third-order valence-corrected chi connectivity index (χ3v) is 6.74. The first-order valence-corrected chi connectivity index (χ1v) is 12.7. The Hall–Kier alpha value is -3.67. The van der Waals surface area contributed by atoms with Gasteiger partial charge in [-0.2, -0.15) is 31.4 Å². The SMILES string of the molecule is FC(F)(F)c1ccc(-c2nn3cc(C(F)(F)F)ccc3c2-c2ccnc(NCCCN3CCCCC3)n2)cc1. The van der Waals surface area contributed by atoms with Crippen molar-refractivity contribution >= 4 is 11.5 Å². The molecule has 0 radical (unpaired) electrons. The number of anilines is 1. The van der Waals surface area contributed by atoms with Gasteiger partial charge < -0.3 is 10.2 Å². The minimum atomic E-state index is -4.59. The van der Waals surface area contributed by atoms with Gasteiger partial charge in [0.1, 0.15) is 5.69 Å². The molecule has 3 aromatic heterocycles. The molecule has 0 aliphatic carbocycles. The fourth-order valence-electron chi connectivity index (χ4n) is 4.76. The van der Waals surface area contributed by atoms with Crippen molar-refractivity contribution in [1.82, 2.24) is 24.5 Å². The first-order chi connectivity index (χ1) is 18.6. The van der Waals surface area contributed by atoms with Crippen molar-refractivity contribution in [2.75, 3.05) is 31.5 Å². The summed E-state index contributed by atoms with van der Waals surface area (Å²) in [5.74, 6) is 0.343. The Balaban J connectivity index is 1.47. The Labute approximate surface area is 220 Å². The van der Waals surface area contributed by atoms with Crippen molar-refractivity contribution in [2.45, 2.75) is 38.0 Å². The lowest BCUT2D eigenvalue weighted by molar-refractivity contribution is -0.138. The first kappa shape index (κ1) is 26.9. The summed E-state index contributed by atoms with van der Waals surface area (Å²) in [5, 5.41) is 7.53. The number of likely N-dealkylation sites (tertiary alicyclic amines) is 1. The molecule has 0 atom stereocenters. The highest BCUT2D eigenvalue weighted by atomic mass is 19.4. The maximum Gasteiger partial charge on any atom is 0.417 e. The number of hydrogen-bond donors (Lipinski definition) is 1. The largest absolute Gasteiger partial charge is 0.417 e. The topological polar surface area (TPSA) is 58.4 Å². The fourth-order valence-corrected chi connectivity index (χ4v) is 4.76. The van der Waals surface area contributed by atoms with E-state index < -0.39 is 23.5 Å². The van der Waals surface area contributed by atoms with E-state index in [0.717, 1.165) is 55.0 Å². The highest BCUT2D eigenvalue weighted by Crippen LogP contribution is 2.38. The highest BCUT2D eigenvalue weighted by molar-refractivity contribution is 5.91. The predicted molar refractivity (Wildman–Crippen MR) is 135 cm³/mol. The number of halogens is 6. The van der Waals surface area contributed by atoms with Crippen LogP contribution in [0.15, 0.2) is 54.9 Å². The second-order valence-electron chi connectivity index (χ2n) is 9.49. The number of benzene rings is 1. The second kappa shape index (κ2) is 10.8. The molecular weight excluding hydrogens is 522 g/mol. The van der Waals surface area contributed by atoms with E-state index in [1.807, 2.05) is 0 Å². The lowest BCUT2D eigenvalue weighted by Gasteiger charge is -2.26. The minimum absolute atomic E-state index is 0.206. The number of rotatable bonds is 7. The van der Waals surface area contributed by atoms with Crippen LogP contribution < -0.4 is 5.32 Å². The van der Waals surface area contributed by atoms with E-state index in [4.69, 9.17) is 0 Å². The average molecular weight is 549 g/mol. The van der Waals surface area contributed by atoms with Crippen molar-refractivity contribution in [3.05, 3.63) is 66.0 Å². The van der Waals surface area contributed by atoms with Crippen LogP contribution in [0.4, 0.5) is 32.3 Å². The zero-order valence-corrected chi connectivity index (χ0v) is 20.9. The van der Waals surface area contributed by atoms with Crippen LogP contribution in [0.1, 0.15) is 36.8 Å². The monoisotopic (exact) mass is 548 g/mol. The van der Waals surface area contributed by atoms with Gasteiger partial charge in [0.2, 0.25) is 5.95 Å². The summed E-state index contributed by atoms with van der Waals surface area (Å²) in [4.78, 5) is 11.3. The van der Waals surface area contributed by atoms with E-state index in [-0.39, 0.29) is 5.69 Å². The molecule has 1 N–H and O–H groups in total. The number of alkyl halides is 6. The molecule has 12 heteroatoms. The summed E-state index contributed by atoms with van der Waals surface area (Å²) in [6.45, 7) is 3.79. The zero-order chi connectivity index (χ0) is 27.6. The second-order valence-corrected chi connectivity index (χ2v) is 9.49. The standard InChI is InChI=1S/C27H26F6N6/c28-26(29,30)19-7-5-18(6-8-19)24-23(22-10-9-20(27(31,32)33)17-39(22)37-24)21-11-13-35-25(36-21)34-12-4-16-38-14-2-1-3-15-38/h5-11,13,17H,1-4,12,14-16H2,(H,34,35,36). The van der Waals surface area contributed by atoms with Crippen LogP contribution in [0.2, 0.25) is 0 Å². The summed E-state index contributed by atoms with van der Waals surface area (Å²) in [6.07, 6.45) is -2.15. The maximum atomic E-state index is 13.4. The summed E-state index contributed by atoms with van der Waals surface area (Å²) in [6, 6.07) is 8.16. The van der Waals surface area contributed by atoms with Gasteiger partial charge in [-0.05, 0) is 69.2 Å². The van der Waals surface area contributed by atoms with Crippen molar-refractivity contribution < 1.29 is 26.3 Å². The average Bonchev–Trinajstić information content (AvgIpc) is 3.30. The van der Waals surface area contributed by atoms with Gasteiger partial charge in [0, 0.05) is 24.5 Å². The molecule has 1 saturated heterocycles. The molecule has 5 rings (SSSR count). The Morgan fingerprint density at radius 1 is 0.821 bits per heavy atom. The summed E-state index contributed by atoms with van der Waals surface area (Å²) >= 11 is 0. The highest BCUT2D eigenvalue weighted by Gasteiger charge is 2.32. The molecule has 6 nitrogen and oxygen atoms in total. The van der Waals surface area contributed by atoms with Crippen molar-refractivity contribution in [3.8, 4) is 22.5 Å². The van der Waals surface area contributed by atoms with E-state index in [9.17, 15) is 26.3 Å². The lowest BCUT2D eigenvalue weighted by atomic mass is 10.0. The smallest absolute Gasteiger partial charge is 0.354 e. The normalized spacial score (nSPS) is 15.1. The molecule has 0 bridgehead atoms. The number of piperidine rings is 1. The van der Waals surface area contributed by atoms with Crippen molar-refractivity contribution in [2.24, 2.45) is 0 Å². The van der Waals surface area contributed by atoms with Crippen LogP contribution in [0, 0.1) is 0 Å². The van der Waals surface area contributed by atoms with E-state index in [1.165, 1.54) is 43.7 Å². The molecule has 0 spiro atoms. The van der Waals surface area contributed by atoms with Crippen molar-refractivity contribution in [1.29, 1.82) is 0 Å². The van der Waals surface area contributed by atoms with E-state index in [1.54, 1.807) is 6.07 Å². The molecule has 1 aliphatic heterocycles. The molecule has 4 heterocycles. The number of nitrogens with zero attached hydrogens (tertiary/aromatic N) is 5. The molecule has 0 unspecified atom stereocenters. The molecule has 1 aromatic carbocycles. The molecule has 39 heavy (non-hydrogen) atoms. The molecule has 206 valence electrons. The van der Waals surface area contributed by atoms with E-state index in [2.05, 4.69) is 25.3 Å². The third-order valence-electron chi connectivity index (χ3n) is 6.74. The van der Waals surface area contributed by atoms with Gasteiger partial charge in [0.05, 0.1) is 27.9 Å². The minimum Gasteiger partial charge on any atom is -0.354 e. The van der Waals surface area contributed by atoms with Crippen LogP contribution in [-0.2, 0) is 12.4 Å². The predicted octanol–water partition coefficient (Wildman–Crippen LogP) is 6.78. The van der Waals surface area contributed by atoms with Crippen LogP contribution >= 0.6 is 0 Å². The lowest BCUT2D eigenvalue weighted by Crippen LogP contribution is -2.31. The molecular formula is C27H26F6N6. The van der Waals surface area contributed by atoms with Crippen LogP contribution in [0.5, 0.6) is 0 Å². The summed E-state index contributed by atoms with van der Waals surface area (Å²) < 4.78 is 80.5. The Morgan fingerprint density at radius 3 is 2.21 bits per heavy atom. The van der Waals surface area contributed by atoms with Crippen LogP contribution in [0.3, 0.4) is 0 Å². The number of hydrogen-bond acceptors (Lipinski definition) is 5.